The van der Waals surface area contributed by atoms with Crippen LogP contribution in [0.2, 0.25) is 0 Å². The van der Waals surface area contributed by atoms with Crippen LogP contribution in [0.4, 0.5) is 11.4 Å². The van der Waals surface area contributed by atoms with Crippen LogP contribution in [0.5, 0.6) is 17.2 Å². The second-order valence-corrected chi connectivity index (χ2v) is 6.61. The van der Waals surface area contributed by atoms with Crippen molar-refractivity contribution >= 4 is 23.2 Å². The zero-order valence-electron chi connectivity index (χ0n) is 15.1. The minimum atomic E-state index is -0.218. The maximum Gasteiger partial charge on any atom is 0.264 e. The summed E-state index contributed by atoms with van der Waals surface area (Å²) < 4.78 is 11.0. The van der Waals surface area contributed by atoms with E-state index in [1.54, 1.807) is 36.2 Å². The first-order valence-electron chi connectivity index (χ1n) is 8.80. The quantitative estimate of drug-likeness (QED) is 0.870. The van der Waals surface area contributed by atoms with Gasteiger partial charge in [-0.25, -0.2) is 0 Å². The van der Waals surface area contributed by atoms with Crippen molar-refractivity contribution in [2.45, 2.75) is 19.3 Å². The number of rotatable bonds is 3. The number of benzene rings is 2. The molecule has 7 heteroatoms. The van der Waals surface area contributed by atoms with E-state index < -0.39 is 0 Å². The number of hydrogen-bond acceptors (Lipinski definition) is 5. The summed E-state index contributed by atoms with van der Waals surface area (Å²) in [6.45, 7) is 2.25. The van der Waals surface area contributed by atoms with E-state index in [1.807, 2.05) is 13.0 Å². The normalized spacial score (nSPS) is 18.3. The molecule has 0 spiro atoms. The first kappa shape index (κ1) is 17.2. The number of fused-ring (bicyclic) bond motifs is 2. The van der Waals surface area contributed by atoms with Gasteiger partial charge in [-0.3, -0.25) is 9.59 Å². The Labute approximate surface area is 156 Å². The van der Waals surface area contributed by atoms with Crippen LogP contribution >= 0.6 is 0 Å². The number of phenols is 1. The van der Waals surface area contributed by atoms with Crippen LogP contribution in [0.3, 0.4) is 0 Å². The fraction of sp³-hybridized carbons (Fsp3) is 0.300. The van der Waals surface area contributed by atoms with Crippen LogP contribution in [0.1, 0.15) is 30.4 Å². The molecule has 2 N–H and O–H groups in total. The summed E-state index contributed by atoms with van der Waals surface area (Å²) in [7, 11) is 1.71. The van der Waals surface area contributed by atoms with Gasteiger partial charge in [-0.1, -0.05) is 6.07 Å². The van der Waals surface area contributed by atoms with Gasteiger partial charge in [0.1, 0.15) is 5.75 Å². The highest BCUT2D eigenvalue weighted by molar-refractivity contribution is 6.00. The highest BCUT2D eigenvalue weighted by Gasteiger charge is 2.31. The molecule has 0 saturated heterocycles. The van der Waals surface area contributed by atoms with Crippen LogP contribution in [0, 0.1) is 0 Å². The van der Waals surface area contributed by atoms with Gasteiger partial charge in [-0.15, -0.1) is 0 Å². The maximum atomic E-state index is 12.3. The number of anilines is 2. The monoisotopic (exact) mass is 368 g/mol. The minimum Gasteiger partial charge on any atom is -0.504 e. The largest absolute Gasteiger partial charge is 0.504 e. The number of carbonyl (C=O) groups is 2. The van der Waals surface area contributed by atoms with E-state index >= 15 is 0 Å². The van der Waals surface area contributed by atoms with Gasteiger partial charge >= 0.3 is 0 Å². The lowest BCUT2D eigenvalue weighted by atomic mass is 9.84. The van der Waals surface area contributed by atoms with Crippen molar-refractivity contribution in [1.29, 1.82) is 0 Å². The molecular weight excluding hydrogens is 348 g/mol. The van der Waals surface area contributed by atoms with Gasteiger partial charge in [-0.05, 0) is 36.2 Å². The third-order valence-corrected chi connectivity index (χ3v) is 4.94. The molecular formula is C20H20N2O5. The van der Waals surface area contributed by atoms with Crippen molar-refractivity contribution in [3.8, 4) is 17.2 Å². The smallest absolute Gasteiger partial charge is 0.264 e. The van der Waals surface area contributed by atoms with E-state index in [4.69, 9.17) is 9.47 Å². The van der Waals surface area contributed by atoms with Crippen molar-refractivity contribution in [1.82, 2.24) is 0 Å². The molecule has 27 heavy (non-hydrogen) atoms. The van der Waals surface area contributed by atoms with E-state index in [2.05, 4.69) is 5.32 Å². The number of nitrogens with zero attached hydrogens (tertiary/aromatic N) is 1. The molecule has 0 fully saturated rings. The molecule has 0 radical (unpaired) electrons. The molecule has 7 nitrogen and oxygen atoms in total. The van der Waals surface area contributed by atoms with Crippen LogP contribution in [0.15, 0.2) is 30.3 Å². The zero-order chi connectivity index (χ0) is 19.1. The molecule has 2 aromatic carbocycles. The summed E-state index contributed by atoms with van der Waals surface area (Å²) >= 11 is 0. The highest BCUT2D eigenvalue weighted by atomic mass is 16.5. The van der Waals surface area contributed by atoms with E-state index in [0.717, 1.165) is 11.1 Å². The second-order valence-electron chi connectivity index (χ2n) is 6.61. The van der Waals surface area contributed by atoms with Crippen molar-refractivity contribution < 1.29 is 24.2 Å². The number of amides is 2. The lowest BCUT2D eigenvalue weighted by Gasteiger charge is -2.31. The second kappa shape index (κ2) is 6.50. The molecule has 2 aliphatic rings. The van der Waals surface area contributed by atoms with E-state index in [9.17, 15) is 14.7 Å². The van der Waals surface area contributed by atoms with Crippen molar-refractivity contribution in [3.05, 3.63) is 41.5 Å². The first-order valence-corrected chi connectivity index (χ1v) is 8.80. The molecule has 2 heterocycles. The van der Waals surface area contributed by atoms with Crippen LogP contribution < -0.4 is 19.7 Å². The van der Waals surface area contributed by atoms with Gasteiger partial charge in [0.15, 0.2) is 18.1 Å². The zero-order valence-corrected chi connectivity index (χ0v) is 15.1. The molecule has 1 unspecified atom stereocenters. The topological polar surface area (TPSA) is 88.1 Å². The minimum absolute atomic E-state index is 0.0185. The molecule has 2 aromatic rings. The lowest BCUT2D eigenvalue weighted by molar-refractivity contribution is -0.121. The highest BCUT2D eigenvalue weighted by Crippen LogP contribution is 2.45. The van der Waals surface area contributed by atoms with Crippen LogP contribution in [-0.4, -0.2) is 37.2 Å². The van der Waals surface area contributed by atoms with Gasteiger partial charge in [0.05, 0.1) is 12.3 Å². The summed E-state index contributed by atoms with van der Waals surface area (Å²) in [5, 5.41) is 12.9. The Morgan fingerprint density at radius 1 is 1.30 bits per heavy atom. The van der Waals surface area contributed by atoms with Crippen molar-refractivity contribution in [3.63, 3.8) is 0 Å². The molecule has 140 valence electrons. The summed E-state index contributed by atoms with van der Waals surface area (Å²) in [5.74, 6) is 0.573. The number of hydrogen-bond donors (Lipinski definition) is 2. The number of phenolic OH excluding ortho intramolecular Hbond substituents is 1. The Morgan fingerprint density at radius 2 is 2.11 bits per heavy atom. The summed E-state index contributed by atoms with van der Waals surface area (Å²) in [6.07, 6.45) is 0.265. The van der Waals surface area contributed by atoms with Gasteiger partial charge in [0, 0.05) is 31.1 Å². The third kappa shape index (κ3) is 2.95. The number of nitrogens with one attached hydrogen (secondary N) is 1. The fourth-order valence-electron chi connectivity index (χ4n) is 3.54. The molecule has 4 rings (SSSR count). The predicted molar refractivity (Wildman–Crippen MR) is 99.7 cm³/mol. The SMILES string of the molecule is CCOc1cc(C2CC(=O)Nc3cc4c(cc32)N(C)C(=O)CO4)ccc1O. The average Bonchev–Trinajstić information content (AvgIpc) is 2.65. The summed E-state index contributed by atoms with van der Waals surface area (Å²) in [5.41, 5.74) is 3.10. The van der Waals surface area contributed by atoms with Gasteiger partial charge in [0.25, 0.3) is 5.91 Å². The number of carbonyl (C=O) groups excluding carboxylic acids is 2. The maximum absolute atomic E-state index is 12.3. The van der Waals surface area contributed by atoms with Gasteiger partial charge in [-0.2, -0.15) is 0 Å². The molecule has 1 atom stereocenters. The molecule has 0 bridgehead atoms. The number of aromatic hydroxyl groups is 1. The number of ether oxygens (including phenoxy) is 2. The molecule has 2 aliphatic heterocycles. The molecule has 0 saturated carbocycles. The standard InChI is InChI=1S/C20H20N2O5/c1-3-26-18-6-11(4-5-16(18)23)12-8-19(24)21-14-9-17-15(7-13(12)14)22(2)20(25)10-27-17/h4-7,9,12,23H,3,8,10H2,1-2H3,(H,21,24). The van der Waals surface area contributed by atoms with Crippen LogP contribution in [-0.2, 0) is 9.59 Å². The van der Waals surface area contributed by atoms with Crippen molar-refractivity contribution in [2.24, 2.45) is 0 Å². The van der Waals surface area contributed by atoms with E-state index in [-0.39, 0.29) is 36.5 Å². The Kier molecular flexibility index (Phi) is 4.14. The van der Waals surface area contributed by atoms with Crippen molar-refractivity contribution in [2.75, 3.05) is 30.5 Å². The fourth-order valence-corrected chi connectivity index (χ4v) is 3.54. The van der Waals surface area contributed by atoms with Gasteiger partial charge < -0.3 is 24.8 Å². The molecule has 2 amide bonds. The number of likely N-dealkylation sites (N-methyl/N-ethyl adjacent to an activating group) is 1. The molecule has 0 aliphatic carbocycles. The van der Waals surface area contributed by atoms with Crippen LogP contribution in [0.25, 0.3) is 0 Å². The first-order chi connectivity index (χ1) is 13.0. The Balaban J connectivity index is 1.82. The van der Waals surface area contributed by atoms with E-state index in [0.29, 0.717) is 29.5 Å². The molecule has 0 aromatic heterocycles. The third-order valence-electron chi connectivity index (χ3n) is 4.94. The van der Waals surface area contributed by atoms with Gasteiger partial charge in [0.2, 0.25) is 5.91 Å². The Morgan fingerprint density at radius 3 is 2.89 bits per heavy atom. The van der Waals surface area contributed by atoms with E-state index in [1.165, 1.54) is 0 Å². The Hall–Kier alpha value is -3.22. The summed E-state index contributed by atoms with van der Waals surface area (Å²) in [4.78, 5) is 25.8. The Bertz CT molecular complexity index is 940. The summed E-state index contributed by atoms with van der Waals surface area (Å²) in [6, 6.07) is 8.77. The average molecular weight is 368 g/mol. The predicted octanol–water partition coefficient (Wildman–Crippen LogP) is 2.62. The lowest BCUT2D eigenvalue weighted by Crippen LogP contribution is -2.36.